The van der Waals surface area contributed by atoms with E-state index < -0.39 is 41.4 Å². The van der Waals surface area contributed by atoms with E-state index in [1.54, 1.807) is 0 Å². The summed E-state index contributed by atoms with van der Waals surface area (Å²) in [5.74, 6) is -4.81. The van der Waals surface area contributed by atoms with Crippen molar-refractivity contribution in [2.75, 3.05) is 0 Å². The second-order valence-corrected chi connectivity index (χ2v) is 7.59. The van der Waals surface area contributed by atoms with Crippen LogP contribution < -0.4 is 5.73 Å². The van der Waals surface area contributed by atoms with Crippen molar-refractivity contribution in [1.82, 2.24) is 14.9 Å². The number of aromatic nitrogens is 2. The summed E-state index contributed by atoms with van der Waals surface area (Å²) in [4.78, 5) is 9.03. The first-order valence-electron chi connectivity index (χ1n) is 9.19. The highest BCUT2D eigenvalue weighted by atomic mass is 19.4. The summed E-state index contributed by atoms with van der Waals surface area (Å²) in [5, 5.41) is 0. The quantitative estimate of drug-likeness (QED) is 0.596. The van der Waals surface area contributed by atoms with Gasteiger partial charge < -0.3 is 5.73 Å². The minimum absolute atomic E-state index is 0.0295. The molecular weight excluding hydrogens is 398 g/mol. The zero-order chi connectivity index (χ0) is 20.9. The molecule has 0 spiro atoms. The molecule has 1 saturated carbocycles. The number of fused-ring (bicyclic) bond motifs is 1. The first-order chi connectivity index (χ1) is 13.6. The van der Waals surface area contributed by atoms with Crippen LogP contribution in [0.1, 0.15) is 47.8 Å². The third kappa shape index (κ3) is 3.83. The lowest BCUT2D eigenvalue weighted by Crippen LogP contribution is -2.44. The molecule has 10 heteroatoms. The molecule has 2 aromatic rings. The lowest BCUT2D eigenvalue weighted by Gasteiger charge is -2.38. The van der Waals surface area contributed by atoms with Crippen molar-refractivity contribution >= 4 is 0 Å². The fourth-order valence-electron chi connectivity index (χ4n) is 4.30. The molecule has 0 bridgehead atoms. The second kappa shape index (κ2) is 7.24. The molecule has 4 nitrogen and oxygen atoms in total. The maximum atomic E-state index is 14.1. The van der Waals surface area contributed by atoms with Crippen LogP contribution in [-0.4, -0.2) is 27.0 Å². The maximum Gasteiger partial charge on any atom is 0.451 e. The molecule has 0 radical (unpaired) electrons. The Morgan fingerprint density at radius 3 is 2.41 bits per heavy atom. The van der Waals surface area contributed by atoms with Gasteiger partial charge in [-0.2, -0.15) is 13.2 Å². The van der Waals surface area contributed by atoms with Crippen molar-refractivity contribution in [2.24, 2.45) is 5.73 Å². The van der Waals surface area contributed by atoms with E-state index in [1.165, 1.54) is 6.20 Å². The SMILES string of the molecule is N[C@H]1CC(N2Cc3cnc(C(F)(F)F)nc3C2)CCC1c1cc(F)c(F)cc1F. The Hall–Kier alpha value is -2.20. The van der Waals surface area contributed by atoms with Crippen LogP contribution in [0.5, 0.6) is 0 Å². The van der Waals surface area contributed by atoms with Gasteiger partial charge in [-0.05, 0) is 30.9 Å². The molecule has 1 aromatic carbocycles. The summed E-state index contributed by atoms with van der Waals surface area (Å²) in [5.41, 5.74) is 7.26. The summed E-state index contributed by atoms with van der Waals surface area (Å²) in [6.45, 7) is 0.664. The Kier molecular flexibility index (Phi) is 5.02. The Labute approximate surface area is 162 Å². The highest BCUT2D eigenvalue weighted by Crippen LogP contribution is 2.38. The van der Waals surface area contributed by atoms with E-state index >= 15 is 0 Å². The lowest BCUT2D eigenvalue weighted by atomic mass is 9.77. The minimum Gasteiger partial charge on any atom is -0.327 e. The van der Waals surface area contributed by atoms with Gasteiger partial charge in [-0.15, -0.1) is 0 Å². The second-order valence-electron chi connectivity index (χ2n) is 7.59. The van der Waals surface area contributed by atoms with Crippen LogP contribution in [-0.2, 0) is 19.3 Å². The zero-order valence-electron chi connectivity index (χ0n) is 15.2. The van der Waals surface area contributed by atoms with E-state index in [9.17, 15) is 26.3 Å². The summed E-state index contributed by atoms with van der Waals surface area (Å²) in [6, 6.07) is 0.860. The molecule has 3 atom stereocenters. The first-order valence-corrected chi connectivity index (χ1v) is 9.19. The molecule has 2 unspecified atom stereocenters. The van der Waals surface area contributed by atoms with Gasteiger partial charge in [0.25, 0.3) is 0 Å². The average Bonchev–Trinajstić information content (AvgIpc) is 3.07. The molecule has 1 fully saturated rings. The topological polar surface area (TPSA) is 55.0 Å². The van der Waals surface area contributed by atoms with Gasteiger partial charge in [-0.1, -0.05) is 0 Å². The molecular formula is C19H18F6N4. The molecule has 2 aliphatic rings. The molecule has 1 aliphatic heterocycles. The first kappa shape index (κ1) is 20.1. The van der Waals surface area contributed by atoms with Gasteiger partial charge in [0.05, 0.1) is 5.69 Å². The Morgan fingerprint density at radius 1 is 1.00 bits per heavy atom. The van der Waals surface area contributed by atoms with Gasteiger partial charge in [-0.25, -0.2) is 23.1 Å². The number of nitrogens with zero attached hydrogens (tertiary/aromatic N) is 3. The largest absolute Gasteiger partial charge is 0.451 e. The fourth-order valence-corrected chi connectivity index (χ4v) is 4.30. The van der Waals surface area contributed by atoms with E-state index in [0.29, 0.717) is 43.1 Å². The number of alkyl halides is 3. The Bertz CT molecular complexity index is 932. The Balaban J connectivity index is 1.46. The van der Waals surface area contributed by atoms with Crippen LogP contribution >= 0.6 is 0 Å². The summed E-state index contributed by atoms with van der Waals surface area (Å²) in [6.07, 6.45) is -1.88. The summed E-state index contributed by atoms with van der Waals surface area (Å²) in [7, 11) is 0. The Morgan fingerprint density at radius 2 is 1.72 bits per heavy atom. The predicted molar refractivity (Wildman–Crippen MR) is 91.0 cm³/mol. The number of hydrogen-bond acceptors (Lipinski definition) is 4. The number of hydrogen-bond donors (Lipinski definition) is 1. The molecule has 29 heavy (non-hydrogen) atoms. The van der Waals surface area contributed by atoms with Crippen LogP contribution in [0.4, 0.5) is 26.3 Å². The smallest absolute Gasteiger partial charge is 0.327 e. The highest BCUT2D eigenvalue weighted by Gasteiger charge is 2.39. The number of nitrogens with two attached hydrogens (primary N) is 1. The molecule has 1 aliphatic carbocycles. The van der Waals surface area contributed by atoms with Gasteiger partial charge >= 0.3 is 6.18 Å². The molecule has 2 heterocycles. The van der Waals surface area contributed by atoms with Crippen LogP contribution in [0.3, 0.4) is 0 Å². The fraction of sp³-hybridized carbons (Fsp3) is 0.474. The number of benzene rings is 1. The van der Waals surface area contributed by atoms with Crippen molar-refractivity contribution in [3.05, 3.63) is 58.4 Å². The monoisotopic (exact) mass is 416 g/mol. The van der Waals surface area contributed by atoms with E-state index in [4.69, 9.17) is 5.73 Å². The van der Waals surface area contributed by atoms with Crippen molar-refractivity contribution in [3.8, 4) is 0 Å². The summed E-state index contributed by atoms with van der Waals surface area (Å²) >= 11 is 0. The van der Waals surface area contributed by atoms with Crippen molar-refractivity contribution in [2.45, 2.75) is 56.5 Å². The number of rotatable bonds is 2. The molecule has 4 rings (SSSR count). The third-order valence-electron chi connectivity index (χ3n) is 5.76. The molecule has 2 N–H and O–H groups in total. The van der Waals surface area contributed by atoms with Gasteiger partial charge in [0.15, 0.2) is 11.6 Å². The van der Waals surface area contributed by atoms with Crippen LogP contribution in [0.2, 0.25) is 0 Å². The van der Waals surface area contributed by atoms with Gasteiger partial charge in [-0.3, -0.25) is 4.90 Å². The zero-order valence-corrected chi connectivity index (χ0v) is 15.2. The molecule has 0 amide bonds. The van der Waals surface area contributed by atoms with Crippen LogP contribution in [0, 0.1) is 17.5 Å². The molecule has 0 saturated heterocycles. The van der Waals surface area contributed by atoms with Crippen LogP contribution in [0.25, 0.3) is 0 Å². The van der Waals surface area contributed by atoms with E-state index in [2.05, 4.69) is 9.97 Å². The van der Waals surface area contributed by atoms with E-state index in [0.717, 1.165) is 6.07 Å². The van der Waals surface area contributed by atoms with Gasteiger partial charge in [0, 0.05) is 48.9 Å². The van der Waals surface area contributed by atoms with Crippen molar-refractivity contribution in [1.29, 1.82) is 0 Å². The third-order valence-corrected chi connectivity index (χ3v) is 5.76. The molecule has 156 valence electrons. The molecule has 1 aromatic heterocycles. The number of halogens is 6. The summed E-state index contributed by atoms with van der Waals surface area (Å²) < 4.78 is 79.3. The van der Waals surface area contributed by atoms with E-state index in [1.807, 2.05) is 4.90 Å². The minimum atomic E-state index is -4.60. The van der Waals surface area contributed by atoms with Crippen LogP contribution in [0.15, 0.2) is 18.3 Å². The lowest BCUT2D eigenvalue weighted by molar-refractivity contribution is -0.145. The average molecular weight is 416 g/mol. The van der Waals surface area contributed by atoms with Crippen molar-refractivity contribution < 1.29 is 26.3 Å². The predicted octanol–water partition coefficient (Wildman–Crippen LogP) is 3.89. The van der Waals surface area contributed by atoms with Crippen molar-refractivity contribution in [3.63, 3.8) is 0 Å². The standard InChI is InChI=1S/C19H18F6N4/c20-13-5-15(22)14(21)4-12(13)11-2-1-10(3-16(11)26)29-7-9-6-27-18(19(23,24)25)28-17(9)8-29/h4-6,10-11,16H,1-3,7-8,26H2/t10?,11?,16-/m0/s1. The van der Waals surface area contributed by atoms with Gasteiger partial charge in [0.2, 0.25) is 5.82 Å². The highest BCUT2D eigenvalue weighted by molar-refractivity contribution is 5.27. The normalized spacial score (nSPS) is 25.3. The van der Waals surface area contributed by atoms with Gasteiger partial charge in [0.1, 0.15) is 5.82 Å². The maximum absolute atomic E-state index is 14.1. The van der Waals surface area contributed by atoms with E-state index in [-0.39, 0.29) is 18.2 Å².